The van der Waals surface area contributed by atoms with Gasteiger partial charge in [0.1, 0.15) is 5.82 Å². The van der Waals surface area contributed by atoms with Gasteiger partial charge in [-0.15, -0.1) is 0 Å². The van der Waals surface area contributed by atoms with Crippen LogP contribution >= 0.6 is 10.7 Å². The number of allylic oxidation sites excluding steroid dienone is 2. The second-order valence-electron chi connectivity index (χ2n) is 6.96. The van der Waals surface area contributed by atoms with Gasteiger partial charge in [0.05, 0.1) is 5.69 Å². The molecule has 1 unspecified atom stereocenters. The molecule has 0 radical (unpaired) electrons. The Morgan fingerprint density at radius 3 is 2.27 bits per heavy atom. The number of aromatic nitrogens is 3. The largest absolute Gasteiger partial charge is 0.280 e. The van der Waals surface area contributed by atoms with Crippen molar-refractivity contribution >= 4 is 16.5 Å². The summed E-state index contributed by atoms with van der Waals surface area (Å²) < 4.78 is 1.92. The number of nitrogens with zero attached hydrogens (tertiary/aromatic N) is 3. The van der Waals surface area contributed by atoms with Gasteiger partial charge in [-0.25, -0.2) is 9.67 Å². The predicted molar refractivity (Wildman–Crippen MR) is 131 cm³/mol. The Morgan fingerprint density at radius 1 is 1.00 bits per heavy atom. The fourth-order valence-electron chi connectivity index (χ4n) is 2.85. The fourth-order valence-corrected chi connectivity index (χ4v) is 3.34. The number of aryl methyl sites for hydroxylation is 1. The van der Waals surface area contributed by atoms with Crippen LogP contribution in [0, 0.1) is 0 Å². The topological polar surface area (TPSA) is 56.7 Å². The average molecular weight is 423 g/mol. The monoisotopic (exact) mass is 422 g/mol. The predicted octanol–water partition coefficient (Wildman–Crippen LogP) is 6.11. The number of rotatable bonds is 8. The standard InChI is InChI=1S/C18H20N4S.C7H14/c1-3-17-20-18(13-14-7-5-4-6-8-14)22(21-17)15-9-11-16(12-10-15)23(2)19;1-3-5-7-6-4-2/h4-12H,2-3,13,19H2,1H3;5,7H,3-4,6H2,1-2H3/b;7-5-. The van der Waals surface area contributed by atoms with E-state index in [0.717, 1.165) is 35.1 Å². The quantitative estimate of drug-likeness (QED) is 0.352. The molecule has 3 rings (SSSR count). The molecule has 0 saturated carbocycles. The lowest BCUT2D eigenvalue weighted by Crippen LogP contribution is -2.04. The number of nitrogens with two attached hydrogens (primary N) is 1. The first-order valence-corrected chi connectivity index (χ1v) is 12.1. The van der Waals surface area contributed by atoms with Crippen LogP contribution in [0.5, 0.6) is 0 Å². The molecule has 2 aromatic carbocycles. The van der Waals surface area contributed by atoms with Crippen LogP contribution in [0.15, 0.2) is 71.6 Å². The van der Waals surface area contributed by atoms with Crippen molar-refractivity contribution in [1.82, 2.24) is 14.8 Å². The Bertz CT molecular complexity index is 928. The third-order valence-corrected chi connectivity index (χ3v) is 5.36. The first-order chi connectivity index (χ1) is 14.6. The van der Waals surface area contributed by atoms with Crippen molar-refractivity contribution in [2.75, 3.05) is 0 Å². The van der Waals surface area contributed by atoms with E-state index in [1.165, 1.54) is 24.8 Å². The summed E-state index contributed by atoms with van der Waals surface area (Å²) in [4.78, 5) is 5.71. The van der Waals surface area contributed by atoms with Gasteiger partial charge in [0, 0.05) is 17.7 Å². The maximum absolute atomic E-state index is 5.84. The van der Waals surface area contributed by atoms with Gasteiger partial charge in [-0.2, -0.15) is 5.10 Å². The van der Waals surface area contributed by atoms with E-state index in [1.54, 1.807) is 0 Å². The summed E-state index contributed by atoms with van der Waals surface area (Å²) in [6.45, 7) is 6.42. The molecule has 0 bridgehead atoms. The summed E-state index contributed by atoms with van der Waals surface area (Å²) >= 11 is 0. The molecule has 2 N–H and O–H groups in total. The molecular formula is C25H34N4S. The first kappa shape index (κ1) is 23.8. The lowest BCUT2D eigenvalue weighted by atomic mass is 10.1. The second kappa shape index (κ2) is 12.9. The van der Waals surface area contributed by atoms with Gasteiger partial charge in [0.15, 0.2) is 5.82 Å². The molecule has 30 heavy (non-hydrogen) atoms. The van der Waals surface area contributed by atoms with Crippen molar-refractivity contribution in [3.8, 4) is 5.69 Å². The van der Waals surface area contributed by atoms with E-state index in [2.05, 4.69) is 61.0 Å². The number of hydrogen-bond acceptors (Lipinski definition) is 3. The lowest BCUT2D eigenvalue weighted by Gasteiger charge is -2.07. The molecule has 1 aromatic heterocycles. The van der Waals surface area contributed by atoms with Crippen LogP contribution in [-0.4, -0.2) is 20.6 Å². The normalized spacial score (nSPS) is 11.9. The summed E-state index contributed by atoms with van der Waals surface area (Å²) in [5, 5.41) is 10.5. The van der Waals surface area contributed by atoms with Crippen molar-refractivity contribution < 1.29 is 0 Å². The Balaban J connectivity index is 0.000000396. The number of benzene rings is 2. The highest BCUT2D eigenvalue weighted by atomic mass is 32.2. The highest BCUT2D eigenvalue weighted by Gasteiger charge is 2.11. The average Bonchev–Trinajstić information content (AvgIpc) is 3.18. The van der Waals surface area contributed by atoms with Crippen LogP contribution in [0.3, 0.4) is 0 Å². The Labute approximate surface area is 183 Å². The van der Waals surface area contributed by atoms with Crippen LogP contribution in [0.2, 0.25) is 0 Å². The van der Waals surface area contributed by atoms with Crippen LogP contribution in [0.25, 0.3) is 5.69 Å². The lowest BCUT2D eigenvalue weighted by molar-refractivity contribution is 0.799. The zero-order valence-electron chi connectivity index (χ0n) is 18.4. The molecule has 0 saturated heterocycles. The molecule has 0 aliphatic heterocycles. The molecule has 0 aliphatic carbocycles. The van der Waals surface area contributed by atoms with Gasteiger partial charge in [-0.3, -0.25) is 5.14 Å². The maximum Gasteiger partial charge on any atom is 0.151 e. The van der Waals surface area contributed by atoms with Crippen molar-refractivity contribution in [2.24, 2.45) is 5.14 Å². The summed E-state index contributed by atoms with van der Waals surface area (Å²) in [5.41, 5.74) is 2.22. The van der Waals surface area contributed by atoms with E-state index >= 15 is 0 Å². The highest BCUT2D eigenvalue weighted by Crippen LogP contribution is 2.20. The van der Waals surface area contributed by atoms with Crippen LogP contribution in [0.1, 0.15) is 57.2 Å². The molecule has 5 heteroatoms. The number of unbranched alkanes of at least 4 members (excludes halogenated alkanes) is 1. The molecule has 0 aliphatic rings. The molecule has 0 amide bonds. The van der Waals surface area contributed by atoms with E-state index < -0.39 is 10.7 Å². The molecular weight excluding hydrogens is 388 g/mol. The Kier molecular flexibility index (Phi) is 10.3. The summed E-state index contributed by atoms with van der Waals surface area (Å²) in [5.74, 6) is 5.68. The van der Waals surface area contributed by atoms with Gasteiger partial charge in [-0.05, 0) is 42.7 Å². The molecule has 3 aromatic rings. The van der Waals surface area contributed by atoms with Crippen molar-refractivity contribution in [3.05, 3.63) is 84.0 Å². The van der Waals surface area contributed by atoms with E-state index in [4.69, 9.17) is 5.14 Å². The van der Waals surface area contributed by atoms with E-state index in [9.17, 15) is 0 Å². The van der Waals surface area contributed by atoms with Gasteiger partial charge < -0.3 is 0 Å². The van der Waals surface area contributed by atoms with Gasteiger partial charge >= 0.3 is 0 Å². The molecule has 1 atom stereocenters. The Morgan fingerprint density at radius 2 is 1.70 bits per heavy atom. The van der Waals surface area contributed by atoms with E-state index in [1.807, 2.05) is 47.1 Å². The third-order valence-electron chi connectivity index (χ3n) is 4.48. The van der Waals surface area contributed by atoms with Crippen molar-refractivity contribution in [1.29, 1.82) is 0 Å². The minimum atomic E-state index is -0.472. The summed E-state index contributed by atoms with van der Waals surface area (Å²) in [6, 6.07) is 18.4. The van der Waals surface area contributed by atoms with Gasteiger partial charge in [0.25, 0.3) is 0 Å². The van der Waals surface area contributed by atoms with E-state index in [-0.39, 0.29) is 0 Å². The fraction of sp³-hybridized carbons (Fsp3) is 0.320. The minimum Gasteiger partial charge on any atom is -0.280 e. The zero-order chi connectivity index (χ0) is 21.8. The maximum atomic E-state index is 5.84. The molecule has 0 spiro atoms. The van der Waals surface area contributed by atoms with E-state index in [0.29, 0.717) is 0 Å². The molecule has 160 valence electrons. The third kappa shape index (κ3) is 7.39. The van der Waals surface area contributed by atoms with Crippen molar-refractivity contribution in [3.63, 3.8) is 0 Å². The second-order valence-corrected chi connectivity index (χ2v) is 8.29. The Hall–Kier alpha value is -2.50. The van der Waals surface area contributed by atoms with Gasteiger partial charge in [-0.1, -0.05) is 86.2 Å². The smallest absolute Gasteiger partial charge is 0.151 e. The zero-order valence-corrected chi connectivity index (χ0v) is 19.2. The molecule has 1 heterocycles. The van der Waals surface area contributed by atoms with Gasteiger partial charge in [0.2, 0.25) is 0 Å². The SMILES string of the molecule is C=S(N)c1ccc(-n2nc(CC)nc2Cc2ccccc2)cc1.CC/C=C\CCC. The summed E-state index contributed by atoms with van der Waals surface area (Å²) in [7, 11) is -0.472. The van der Waals surface area contributed by atoms with Crippen LogP contribution in [0.4, 0.5) is 0 Å². The van der Waals surface area contributed by atoms with Crippen molar-refractivity contribution in [2.45, 2.75) is 57.8 Å². The van der Waals surface area contributed by atoms with Crippen LogP contribution < -0.4 is 5.14 Å². The molecule has 0 fully saturated rings. The summed E-state index contributed by atoms with van der Waals surface area (Å²) in [6.07, 6.45) is 9.72. The minimum absolute atomic E-state index is 0.472. The van der Waals surface area contributed by atoms with Crippen LogP contribution in [-0.2, 0) is 12.8 Å². The molecule has 4 nitrogen and oxygen atoms in total. The highest BCUT2D eigenvalue weighted by molar-refractivity contribution is 8.12. The first-order valence-electron chi connectivity index (χ1n) is 10.6. The number of hydrogen-bond donors (Lipinski definition) is 1.